The third kappa shape index (κ3) is 2.76. The van der Waals surface area contributed by atoms with Gasteiger partial charge < -0.3 is 9.80 Å². The quantitative estimate of drug-likeness (QED) is 0.801. The van der Waals surface area contributed by atoms with Gasteiger partial charge in [-0.05, 0) is 56.1 Å². The Balaban J connectivity index is 1.63. The fourth-order valence-electron chi connectivity index (χ4n) is 4.32. The monoisotopic (exact) mass is 306 g/mol. The number of nitrogens with zero attached hydrogens (tertiary/aromatic N) is 2. The second-order valence-corrected chi connectivity index (χ2v) is 6.96. The number of hydrogen-bond donors (Lipinski definition) is 0. The normalized spacial score (nSPS) is 24.1. The van der Waals surface area contributed by atoms with E-state index in [1.165, 1.54) is 55.8 Å². The standard InChI is InChI=1S/C21H26N2/c1-17-19-11-5-6-12-21(19)23(18-9-3-2-4-10-18)20(17)13-16-22-14-7-8-15-22/h2-6,9-12,17,20H,7-8,13-16H2,1H3/t17-,20+/m0/s1. The minimum absolute atomic E-state index is 0.565. The van der Waals surface area contributed by atoms with Crippen LogP contribution in [0, 0.1) is 0 Å². The Labute approximate surface area is 139 Å². The summed E-state index contributed by atoms with van der Waals surface area (Å²) in [6.07, 6.45) is 4.00. The molecule has 120 valence electrons. The van der Waals surface area contributed by atoms with Crippen LogP contribution in [-0.2, 0) is 0 Å². The molecule has 1 fully saturated rings. The van der Waals surface area contributed by atoms with E-state index in [1.54, 1.807) is 0 Å². The highest BCUT2D eigenvalue weighted by molar-refractivity contribution is 5.72. The van der Waals surface area contributed by atoms with Gasteiger partial charge in [0.2, 0.25) is 0 Å². The lowest BCUT2D eigenvalue weighted by atomic mass is 9.95. The molecule has 0 amide bonds. The summed E-state index contributed by atoms with van der Waals surface area (Å²) in [6, 6.07) is 20.4. The molecule has 4 rings (SSSR count). The van der Waals surface area contributed by atoms with Gasteiger partial charge >= 0.3 is 0 Å². The Morgan fingerprint density at radius 3 is 2.39 bits per heavy atom. The zero-order valence-electron chi connectivity index (χ0n) is 14.0. The van der Waals surface area contributed by atoms with Crippen LogP contribution in [0.4, 0.5) is 11.4 Å². The number of anilines is 2. The molecule has 2 aliphatic heterocycles. The molecule has 2 atom stereocenters. The Bertz CT molecular complexity index is 646. The van der Waals surface area contributed by atoms with E-state index in [4.69, 9.17) is 0 Å². The Hall–Kier alpha value is -1.80. The molecule has 2 heterocycles. The third-order valence-electron chi connectivity index (χ3n) is 5.57. The highest BCUT2D eigenvalue weighted by atomic mass is 15.2. The number of fused-ring (bicyclic) bond motifs is 1. The number of rotatable bonds is 4. The molecule has 2 nitrogen and oxygen atoms in total. The molecule has 2 heteroatoms. The van der Waals surface area contributed by atoms with E-state index in [-0.39, 0.29) is 0 Å². The van der Waals surface area contributed by atoms with Gasteiger partial charge in [0.15, 0.2) is 0 Å². The molecule has 0 spiro atoms. The number of benzene rings is 2. The number of para-hydroxylation sites is 2. The predicted molar refractivity (Wildman–Crippen MR) is 97.5 cm³/mol. The van der Waals surface area contributed by atoms with Gasteiger partial charge in [-0.1, -0.05) is 43.3 Å². The second-order valence-electron chi connectivity index (χ2n) is 6.96. The van der Waals surface area contributed by atoms with Gasteiger partial charge in [-0.25, -0.2) is 0 Å². The van der Waals surface area contributed by atoms with Crippen molar-refractivity contribution < 1.29 is 0 Å². The van der Waals surface area contributed by atoms with E-state index >= 15 is 0 Å². The van der Waals surface area contributed by atoms with Crippen molar-refractivity contribution in [2.45, 2.75) is 38.1 Å². The van der Waals surface area contributed by atoms with Crippen LogP contribution in [0.5, 0.6) is 0 Å². The fraction of sp³-hybridized carbons (Fsp3) is 0.429. The SMILES string of the molecule is C[C@H]1c2ccccc2N(c2ccccc2)[C@@H]1CCN1CCCC1. The summed E-state index contributed by atoms with van der Waals surface area (Å²) in [5, 5.41) is 0. The Morgan fingerprint density at radius 1 is 0.913 bits per heavy atom. The van der Waals surface area contributed by atoms with Crippen molar-refractivity contribution in [3.63, 3.8) is 0 Å². The first-order chi connectivity index (χ1) is 11.3. The van der Waals surface area contributed by atoms with Crippen LogP contribution in [0.3, 0.4) is 0 Å². The van der Waals surface area contributed by atoms with Gasteiger partial charge in [-0.2, -0.15) is 0 Å². The number of hydrogen-bond acceptors (Lipinski definition) is 2. The molecule has 0 bridgehead atoms. The summed E-state index contributed by atoms with van der Waals surface area (Å²) < 4.78 is 0. The Morgan fingerprint density at radius 2 is 1.61 bits per heavy atom. The van der Waals surface area contributed by atoms with Crippen molar-refractivity contribution in [1.29, 1.82) is 0 Å². The van der Waals surface area contributed by atoms with Crippen LogP contribution in [-0.4, -0.2) is 30.6 Å². The topological polar surface area (TPSA) is 6.48 Å². The molecular formula is C21H26N2. The highest BCUT2D eigenvalue weighted by Crippen LogP contribution is 2.46. The van der Waals surface area contributed by atoms with Crippen molar-refractivity contribution in [3.05, 3.63) is 60.2 Å². The molecule has 1 saturated heterocycles. The fourth-order valence-corrected chi connectivity index (χ4v) is 4.32. The van der Waals surface area contributed by atoms with E-state index in [2.05, 4.69) is 71.3 Å². The number of likely N-dealkylation sites (tertiary alicyclic amines) is 1. The maximum absolute atomic E-state index is 2.64. The second kappa shape index (κ2) is 6.37. The summed E-state index contributed by atoms with van der Waals surface area (Å²) in [7, 11) is 0. The average molecular weight is 306 g/mol. The van der Waals surface area contributed by atoms with Gasteiger partial charge in [0.1, 0.15) is 0 Å². The summed E-state index contributed by atoms with van der Waals surface area (Å²) in [4.78, 5) is 5.22. The zero-order valence-corrected chi connectivity index (χ0v) is 14.0. The smallest absolute Gasteiger partial charge is 0.0449 e. The van der Waals surface area contributed by atoms with Crippen LogP contribution in [0.15, 0.2) is 54.6 Å². The molecule has 2 aliphatic rings. The first kappa shape index (κ1) is 14.8. The van der Waals surface area contributed by atoms with Crippen LogP contribution >= 0.6 is 0 Å². The molecule has 0 radical (unpaired) electrons. The van der Waals surface area contributed by atoms with E-state index in [0.29, 0.717) is 12.0 Å². The minimum Gasteiger partial charge on any atom is -0.337 e. The largest absolute Gasteiger partial charge is 0.337 e. The first-order valence-electron chi connectivity index (χ1n) is 9.00. The van der Waals surface area contributed by atoms with Crippen molar-refractivity contribution in [2.75, 3.05) is 24.5 Å². The highest BCUT2D eigenvalue weighted by Gasteiger charge is 2.36. The zero-order chi connectivity index (χ0) is 15.6. The first-order valence-corrected chi connectivity index (χ1v) is 9.00. The molecule has 2 aromatic carbocycles. The van der Waals surface area contributed by atoms with Gasteiger partial charge in [-0.3, -0.25) is 0 Å². The summed E-state index contributed by atoms with van der Waals surface area (Å²) in [6.45, 7) is 6.21. The van der Waals surface area contributed by atoms with E-state index in [0.717, 1.165) is 0 Å². The van der Waals surface area contributed by atoms with Gasteiger partial charge in [-0.15, -0.1) is 0 Å². The van der Waals surface area contributed by atoms with Crippen molar-refractivity contribution >= 4 is 11.4 Å². The third-order valence-corrected chi connectivity index (χ3v) is 5.57. The summed E-state index contributed by atoms with van der Waals surface area (Å²) in [5.41, 5.74) is 4.23. The van der Waals surface area contributed by atoms with E-state index in [9.17, 15) is 0 Å². The molecule has 0 N–H and O–H groups in total. The average Bonchev–Trinajstić information content (AvgIpc) is 3.21. The summed E-state index contributed by atoms with van der Waals surface area (Å²) >= 11 is 0. The maximum Gasteiger partial charge on any atom is 0.0449 e. The van der Waals surface area contributed by atoms with E-state index in [1.807, 2.05) is 0 Å². The van der Waals surface area contributed by atoms with Crippen molar-refractivity contribution in [1.82, 2.24) is 4.90 Å². The maximum atomic E-state index is 2.64. The van der Waals surface area contributed by atoms with E-state index < -0.39 is 0 Å². The van der Waals surface area contributed by atoms with Crippen LogP contribution in [0.1, 0.15) is 37.7 Å². The molecule has 23 heavy (non-hydrogen) atoms. The van der Waals surface area contributed by atoms with Crippen LogP contribution in [0.2, 0.25) is 0 Å². The molecule has 0 aromatic heterocycles. The lowest BCUT2D eigenvalue weighted by molar-refractivity contribution is 0.316. The minimum atomic E-state index is 0.565. The molecule has 0 unspecified atom stereocenters. The summed E-state index contributed by atoms with van der Waals surface area (Å²) in [5.74, 6) is 0.592. The molecule has 2 aromatic rings. The van der Waals surface area contributed by atoms with Crippen LogP contribution < -0.4 is 4.90 Å². The van der Waals surface area contributed by atoms with Gasteiger partial charge in [0.25, 0.3) is 0 Å². The van der Waals surface area contributed by atoms with Crippen molar-refractivity contribution in [3.8, 4) is 0 Å². The van der Waals surface area contributed by atoms with Gasteiger partial charge in [0.05, 0.1) is 0 Å². The molecule has 0 aliphatic carbocycles. The van der Waals surface area contributed by atoms with Crippen LogP contribution in [0.25, 0.3) is 0 Å². The van der Waals surface area contributed by atoms with Gasteiger partial charge in [0, 0.05) is 29.9 Å². The lowest BCUT2D eigenvalue weighted by Crippen LogP contribution is -2.33. The molecular weight excluding hydrogens is 280 g/mol. The van der Waals surface area contributed by atoms with Crippen molar-refractivity contribution in [2.24, 2.45) is 0 Å². The molecule has 0 saturated carbocycles. The Kier molecular flexibility index (Phi) is 4.09. The predicted octanol–water partition coefficient (Wildman–Crippen LogP) is 4.80. The lowest BCUT2D eigenvalue weighted by Gasteiger charge is -2.31.